The lowest BCUT2D eigenvalue weighted by Gasteiger charge is -2.23. The molecule has 0 unspecified atom stereocenters. The molecule has 1 aromatic heterocycles. The summed E-state index contributed by atoms with van der Waals surface area (Å²) in [6.45, 7) is 4.73. The number of carbonyl (C=O) groups is 2. The van der Waals surface area contributed by atoms with Gasteiger partial charge in [0.25, 0.3) is 11.8 Å². The molecule has 2 heterocycles. The van der Waals surface area contributed by atoms with Gasteiger partial charge in [-0.2, -0.15) is 5.26 Å². The second kappa shape index (κ2) is 10.1. The number of benzene rings is 2. The van der Waals surface area contributed by atoms with Crippen molar-refractivity contribution in [3.8, 4) is 6.07 Å². The lowest BCUT2D eigenvalue weighted by Crippen LogP contribution is -2.35. The van der Waals surface area contributed by atoms with Crippen molar-refractivity contribution in [1.29, 1.82) is 5.26 Å². The van der Waals surface area contributed by atoms with Crippen molar-refractivity contribution in [2.45, 2.75) is 13.3 Å². The van der Waals surface area contributed by atoms with Crippen molar-refractivity contribution in [1.82, 2.24) is 4.90 Å². The maximum absolute atomic E-state index is 13.3. The minimum atomic E-state index is -0.298. The number of hydrogen-bond donors (Lipinski definition) is 1. The van der Waals surface area contributed by atoms with Crippen LogP contribution in [0.15, 0.2) is 54.6 Å². The lowest BCUT2D eigenvalue weighted by atomic mass is 10.2. The van der Waals surface area contributed by atoms with E-state index >= 15 is 0 Å². The molecule has 8 heteroatoms. The average molecular weight is 479 g/mol. The Kier molecular flexibility index (Phi) is 6.97. The van der Waals surface area contributed by atoms with Crippen LogP contribution in [0.2, 0.25) is 5.02 Å². The molecule has 0 bridgehead atoms. The Morgan fingerprint density at radius 1 is 1.06 bits per heavy atom. The Morgan fingerprint density at radius 2 is 1.82 bits per heavy atom. The van der Waals surface area contributed by atoms with Crippen molar-refractivity contribution in [2.24, 2.45) is 0 Å². The summed E-state index contributed by atoms with van der Waals surface area (Å²) < 4.78 is 0. The molecule has 1 fully saturated rings. The molecule has 6 nitrogen and oxygen atoms in total. The third-order valence-corrected chi connectivity index (χ3v) is 7.08. The molecule has 0 spiro atoms. The number of nitrogens with one attached hydrogen (secondary N) is 1. The summed E-state index contributed by atoms with van der Waals surface area (Å²) >= 11 is 7.41. The van der Waals surface area contributed by atoms with Crippen molar-refractivity contribution < 1.29 is 9.59 Å². The molecule has 3 aromatic rings. The fourth-order valence-electron chi connectivity index (χ4n) is 3.85. The van der Waals surface area contributed by atoms with Crippen LogP contribution in [0.4, 0.5) is 10.7 Å². The summed E-state index contributed by atoms with van der Waals surface area (Å²) in [4.78, 5) is 30.6. The van der Waals surface area contributed by atoms with Gasteiger partial charge in [-0.15, -0.1) is 11.3 Å². The van der Waals surface area contributed by atoms with E-state index in [2.05, 4.69) is 16.3 Å². The molecule has 0 aliphatic carbocycles. The van der Waals surface area contributed by atoms with Gasteiger partial charge in [0, 0.05) is 31.9 Å². The zero-order chi connectivity index (χ0) is 23.4. The second-order valence-electron chi connectivity index (χ2n) is 7.85. The van der Waals surface area contributed by atoms with E-state index in [9.17, 15) is 9.59 Å². The Balaban J connectivity index is 1.43. The first kappa shape index (κ1) is 22.8. The highest BCUT2D eigenvalue weighted by atomic mass is 35.5. The van der Waals surface area contributed by atoms with Crippen LogP contribution in [-0.4, -0.2) is 42.9 Å². The largest absolute Gasteiger partial charge is 0.370 e. The van der Waals surface area contributed by atoms with Crippen LogP contribution in [-0.2, 0) is 0 Å². The van der Waals surface area contributed by atoms with Gasteiger partial charge >= 0.3 is 0 Å². The van der Waals surface area contributed by atoms with E-state index in [1.54, 1.807) is 24.3 Å². The summed E-state index contributed by atoms with van der Waals surface area (Å²) in [6.07, 6.45) is 0.853. The molecule has 0 atom stereocenters. The molecule has 4 rings (SSSR count). The second-order valence-corrected chi connectivity index (χ2v) is 9.31. The third-order valence-electron chi connectivity index (χ3n) is 5.61. The first-order chi connectivity index (χ1) is 16.0. The normalized spacial score (nSPS) is 13.8. The number of hydrogen-bond acceptors (Lipinski definition) is 5. The van der Waals surface area contributed by atoms with Crippen LogP contribution < -0.4 is 10.2 Å². The van der Waals surface area contributed by atoms with Gasteiger partial charge in [0.05, 0.1) is 32.1 Å². The van der Waals surface area contributed by atoms with Crippen LogP contribution in [0.5, 0.6) is 0 Å². The van der Waals surface area contributed by atoms with Gasteiger partial charge in [0.15, 0.2) is 0 Å². The number of nitriles is 1. The van der Waals surface area contributed by atoms with Crippen molar-refractivity contribution in [3.05, 3.63) is 81.2 Å². The van der Waals surface area contributed by atoms with Gasteiger partial charge in [-0.1, -0.05) is 23.7 Å². The summed E-state index contributed by atoms with van der Waals surface area (Å²) in [6, 6.07) is 18.4. The molecule has 1 aliphatic rings. The Labute approximate surface area is 202 Å². The molecule has 33 heavy (non-hydrogen) atoms. The molecule has 1 aliphatic heterocycles. The molecule has 168 valence electrons. The van der Waals surface area contributed by atoms with E-state index in [1.165, 1.54) is 11.3 Å². The van der Waals surface area contributed by atoms with E-state index in [4.69, 9.17) is 16.9 Å². The number of carbonyl (C=O) groups excluding carboxylic acids is 2. The third kappa shape index (κ3) is 5.19. The monoisotopic (exact) mass is 478 g/mol. The van der Waals surface area contributed by atoms with Gasteiger partial charge in [-0.25, -0.2) is 0 Å². The number of amides is 2. The van der Waals surface area contributed by atoms with Crippen LogP contribution in [0.1, 0.15) is 37.6 Å². The summed E-state index contributed by atoms with van der Waals surface area (Å²) in [5.41, 5.74) is 2.93. The fraction of sp³-hybridized carbons (Fsp3) is 0.240. The fourth-order valence-corrected chi connectivity index (χ4v) is 5.11. The number of halogens is 1. The summed E-state index contributed by atoms with van der Waals surface area (Å²) in [5, 5.41) is 12.9. The molecule has 1 N–H and O–H groups in total. The zero-order valence-electron chi connectivity index (χ0n) is 18.2. The lowest BCUT2D eigenvalue weighted by molar-refractivity contribution is 0.0771. The van der Waals surface area contributed by atoms with E-state index in [0.29, 0.717) is 39.1 Å². The van der Waals surface area contributed by atoms with E-state index in [-0.39, 0.29) is 11.8 Å². The van der Waals surface area contributed by atoms with Crippen LogP contribution in [0.25, 0.3) is 0 Å². The quantitative estimate of drug-likeness (QED) is 0.560. The van der Waals surface area contributed by atoms with Gasteiger partial charge in [-0.05, 0) is 61.4 Å². The number of nitrogens with zero attached hydrogens (tertiary/aromatic N) is 3. The summed E-state index contributed by atoms with van der Waals surface area (Å²) in [7, 11) is 0. The van der Waals surface area contributed by atoms with E-state index < -0.39 is 0 Å². The zero-order valence-corrected chi connectivity index (χ0v) is 19.7. The van der Waals surface area contributed by atoms with E-state index in [0.717, 1.165) is 30.8 Å². The predicted molar refractivity (Wildman–Crippen MR) is 132 cm³/mol. The number of rotatable bonds is 4. The molecule has 2 aromatic carbocycles. The highest BCUT2D eigenvalue weighted by molar-refractivity contribution is 7.18. The summed E-state index contributed by atoms with van der Waals surface area (Å²) in [5.74, 6) is -0.314. The van der Waals surface area contributed by atoms with Crippen molar-refractivity contribution >= 4 is 45.4 Å². The SMILES string of the molecule is Cc1cc(NC(=O)c2ccccc2Cl)sc1C(=O)N1CCCN(c2ccc(C#N)cc2)CC1. The minimum absolute atomic E-state index is 0.0163. The maximum atomic E-state index is 13.3. The van der Waals surface area contributed by atoms with Crippen molar-refractivity contribution in [3.63, 3.8) is 0 Å². The average Bonchev–Trinajstić information content (AvgIpc) is 3.02. The smallest absolute Gasteiger partial charge is 0.264 e. The highest BCUT2D eigenvalue weighted by Gasteiger charge is 2.24. The number of thiophene rings is 1. The van der Waals surface area contributed by atoms with E-state index in [1.807, 2.05) is 42.2 Å². The molecule has 0 radical (unpaired) electrons. The van der Waals surface area contributed by atoms with Crippen LogP contribution in [0.3, 0.4) is 0 Å². The van der Waals surface area contributed by atoms with Crippen LogP contribution >= 0.6 is 22.9 Å². The Bertz CT molecular complexity index is 1220. The predicted octanol–water partition coefficient (Wildman–Crippen LogP) is 5.19. The van der Waals surface area contributed by atoms with Gasteiger partial charge in [0.2, 0.25) is 0 Å². The topological polar surface area (TPSA) is 76.4 Å². The van der Waals surface area contributed by atoms with Gasteiger partial charge in [-0.3, -0.25) is 9.59 Å². The Hall–Kier alpha value is -3.34. The molecule has 0 saturated carbocycles. The first-order valence-corrected chi connectivity index (χ1v) is 11.9. The van der Waals surface area contributed by atoms with Crippen LogP contribution in [0, 0.1) is 18.3 Å². The van der Waals surface area contributed by atoms with Gasteiger partial charge < -0.3 is 15.1 Å². The van der Waals surface area contributed by atoms with Gasteiger partial charge in [0.1, 0.15) is 0 Å². The minimum Gasteiger partial charge on any atom is -0.370 e. The molecular weight excluding hydrogens is 456 g/mol. The molecular formula is C25H23ClN4O2S. The number of anilines is 2. The molecule has 1 saturated heterocycles. The Morgan fingerprint density at radius 3 is 2.55 bits per heavy atom. The standard InChI is InChI=1S/C25H23ClN4O2S/c1-17-15-22(28-24(31)20-5-2-3-6-21(20)26)33-23(17)25(32)30-12-4-11-29(13-14-30)19-9-7-18(16-27)8-10-19/h2-3,5-10,15H,4,11-14H2,1H3,(H,28,31). The van der Waals surface area contributed by atoms with Crippen molar-refractivity contribution in [2.75, 3.05) is 36.4 Å². The molecule has 2 amide bonds. The highest BCUT2D eigenvalue weighted by Crippen LogP contribution is 2.29. The number of aryl methyl sites for hydroxylation is 1. The maximum Gasteiger partial charge on any atom is 0.264 e. The first-order valence-electron chi connectivity index (χ1n) is 10.7.